The molecule has 88 valence electrons. The monoisotopic (exact) mass is 307 g/mol. The minimum atomic E-state index is -0.325. The van der Waals surface area contributed by atoms with Crippen LogP contribution in [-0.4, -0.2) is 26.2 Å². The molecule has 0 saturated carbocycles. The third-order valence-electron chi connectivity index (χ3n) is 1.74. The molecule has 0 aliphatic rings. The Morgan fingerprint density at radius 3 is 2.88 bits per heavy atom. The van der Waals surface area contributed by atoms with Crippen molar-refractivity contribution in [1.29, 1.82) is 0 Å². The van der Waals surface area contributed by atoms with Crippen molar-refractivity contribution in [2.45, 2.75) is 0 Å². The van der Waals surface area contributed by atoms with Gasteiger partial charge in [0.25, 0.3) is 5.91 Å². The first-order valence-corrected chi connectivity index (χ1v) is 5.68. The molecule has 1 aromatic rings. The second kappa shape index (κ2) is 6.85. The highest BCUT2D eigenvalue weighted by Gasteiger charge is 2.07. The number of hydrogen-bond donors (Lipinski definition) is 1. The van der Waals surface area contributed by atoms with Gasteiger partial charge in [0.2, 0.25) is 0 Å². The van der Waals surface area contributed by atoms with Crippen molar-refractivity contribution >= 4 is 33.4 Å². The molecule has 0 aliphatic heterocycles. The standard InChI is InChI=1S/C10H11BrClNO3/c1-15-4-5-16-13-10(14)7-2-3-9(12)8(11)6-7/h2-3,6H,4-5H2,1H3,(H,13,14). The summed E-state index contributed by atoms with van der Waals surface area (Å²) in [5.41, 5.74) is 2.76. The van der Waals surface area contributed by atoms with Gasteiger partial charge >= 0.3 is 0 Å². The number of nitrogens with one attached hydrogen (secondary N) is 1. The number of carbonyl (C=O) groups is 1. The summed E-state index contributed by atoms with van der Waals surface area (Å²) in [7, 11) is 1.56. The van der Waals surface area contributed by atoms with Gasteiger partial charge in [-0.15, -0.1) is 0 Å². The first-order chi connectivity index (χ1) is 7.65. The van der Waals surface area contributed by atoms with E-state index >= 15 is 0 Å². The SMILES string of the molecule is COCCONC(=O)c1ccc(Cl)c(Br)c1. The lowest BCUT2D eigenvalue weighted by atomic mass is 10.2. The number of amides is 1. The number of hydroxylamine groups is 1. The fraction of sp³-hybridized carbons (Fsp3) is 0.300. The van der Waals surface area contributed by atoms with Gasteiger partial charge in [0.15, 0.2) is 0 Å². The summed E-state index contributed by atoms with van der Waals surface area (Å²) >= 11 is 9.04. The number of benzene rings is 1. The van der Waals surface area contributed by atoms with Gasteiger partial charge in [-0.05, 0) is 34.1 Å². The van der Waals surface area contributed by atoms with Gasteiger partial charge in [-0.2, -0.15) is 0 Å². The minimum absolute atomic E-state index is 0.303. The summed E-state index contributed by atoms with van der Waals surface area (Å²) in [5.74, 6) is -0.325. The number of methoxy groups -OCH3 is 1. The van der Waals surface area contributed by atoms with Gasteiger partial charge in [-0.1, -0.05) is 11.6 Å². The van der Waals surface area contributed by atoms with Crippen LogP contribution in [0.3, 0.4) is 0 Å². The molecule has 0 heterocycles. The summed E-state index contributed by atoms with van der Waals surface area (Å²) in [6, 6.07) is 4.87. The fourth-order valence-electron chi connectivity index (χ4n) is 0.938. The van der Waals surface area contributed by atoms with Crippen LogP contribution in [0.5, 0.6) is 0 Å². The quantitative estimate of drug-likeness (QED) is 0.671. The van der Waals surface area contributed by atoms with Gasteiger partial charge < -0.3 is 4.74 Å². The lowest BCUT2D eigenvalue weighted by Crippen LogP contribution is -2.25. The van der Waals surface area contributed by atoms with E-state index in [9.17, 15) is 4.79 Å². The Morgan fingerprint density at radius 2 is 2.25 bits per heavy atom. The van der Waals surface area contributed by atoms with E-state index in [2.05, 4.69) is 21.4 Å². The van der Waals surface area contributed by atoms with Gasteiger partial charge in [0, 0.05) is 17.1 Å². The fourth-order valence-corrected chi connectivity index (χ4v) is 1.43. The molecule has 1 amide bonds. The van der Waals surface area contributed by atoms with Crippen LogP contribution in [0.4, 0.5) is 0 Å². The molecule has 6 heteroatoms. The molecule has 0 bridgehead atoms. The van der Waals surface area contributed by atoms with E-state index in [1.54, 1.807) is 25.3 Å². The Morgan fingerprint density at radius 1 is 1.50 bits per heavy atom. The van der Waals surface area contributed by atoms with E-state index in [-0.39, 0.29) is 5.91 Å². The summed E-state index contributed by atoms with van der Waals surface area (Å²) in [5, 5.41) is 0.553. The van der Waals surface area contributed by atoms with Crippen molar-refractivity contribution in [2.24, 2.45) is 0 Å². The third-order valence-corrected chi connectivity index (χ3v) is 2.95. The molecule has 1 aromatic carbocycles. The maximum atomic E-state index is 11.5. The van der Waals surface area contributed by atoms with Crippen LogP contribution in [-0.2, 0) is 9.57 Å². The zero-order valence-corrected chi connectivity index (χ0v) is 11.0. The molecule has 1 rings (SSSR count). The van der Waals surface area contributed by atoms with Crippen molar-refractivity contribution in [2.75, 3.05) is 20.3 Å². The maximum absolute atomic E-state index is 11.5. The first-order valence-electron chi connectivity index (χ1n) is 4.51. The molecule has 0 saturated heterocycles. The predicted molar refractivity (Wildman–Crippen MR) is 64.4 cm³/mol. The predicted octanol–water partition coefficient (Wildman–Crippen LogP) is 2.41. The lowest BCUT2D eigenvalue weighted by Gasteiger charge is -2.06. The van der Waals surface area contributed by atoms with Gasteiger partial charge in [-0.25, -0.2) is 5.48 Å². The van der Waals surface area contributed by atoms with Crippen molar-refractivity contribution in [3.05, 3.63) is 33.3 Å². The van der Waals surface area contributed by atoms with E-state index in [0.29, 0.717) is 28.3 Å². The van der Waals surface area contributed by atoms with Gasteiger partial charge in [0.05, 0.1) is 18.2 Å². The van der Waals surface area contributed by atoms with Crippen LogP contribution >= 0.6 is 27.5 Å². The number of hydrogen-bond acceptors (Lipinski definition) is 3. The molecular weight excluding hydrogens is 297 g/mol. The average molecular weight is 309 g/mol. The summed E-state index contributed by atoms with van der Waals surface area (Å²) in [6.45, 7) is 0.724. The summed E-state index contributed by atoms with van der Waals surface area (Å²) < 4.78 is 5.43. The van der Waals surface area contributed by atoms with Gasteiger partial charge in [-0.3, -0.25) is 9.63 Å². The Kier molecular flexibility index (Phi) is 5.76. The smallest absolute Gasteiger partial charge is 0.274 e. The first kappa shape index (κ1) is 13.4. The molecule has 0 spiro atoms. The normalized spacial score (nSPS) is 10.2. The number of ether oxygens (including phenoxy) is 1. The summed E-state index contributed by atoms with van der Waals surface area (Å²) in [4.78, 5) is 16.4. The van der Waals surface area contributed by atoms with Crippen LogP contribution in [0.1, 0.15) is 10.4 Å². The van der Waals surface area contributed by atoms with E-state index in [1.807, 2.05) is 0 Å². The number of rotatable bonds is 5. The second-order valence-corrected chi connectivity index (χ2v) is 4.16. The highest BCUT2D eigenvalue weighted by molar-refractivity contribution is 9.10. The third kappa shape index (κ3) is 4.09. The molecule has 0 radical (unpaired) electrons. The zero-order valence-electron chi connectivity index (χ0n) is 8.63. The van der Waals surface area contributed by atoms with Crippen LogP contribution in [0.15, 0.2) is 22.7 Å². The van der Waals surface area contributed by atoms with Crippen LogP contribution in [0.25, 0.3) is 0 Å². The molecular formula is C10H11BrClNO3. The molecule has 0 aliphatic carbocycles. The van der Waals surface area contributed by atoms with E-state index in [4.69, 9.17) is 21.2 Å². The molecule has 0 atom stereocenters. The molecule has 0 unspecified atom stereocenters. The Labute approximate surface area is 107 Å². The highest BCUT2D eigenvalue weighted by Crippen LogP contribution is 2.23. The number of carbonyl (C=O) groups excluding carboxylic acids is 1. The second-order valence-electron chi connectivity index (χ2n) is 2.90. The largest absolute Gasteiger partial charge is 0.382 e. The highest BCUT2D eigenvalue weighted by atomic mass is 79.9. The topological polar surface area (TPSA) is 47.6 Å². The lowest BCUT2D eigenvalue weighted by molar-refractivity contribution is 0.00888. The maximum Gasteiger partial charge on any atom is 0.274 e. The molecule has 0 fully saturated rings. The van der Waals surface area contributed by atoms with Crippen LogP contribution in [0, 0.1) is 0 Å². The summed E-state index contributed by atoms with van der Waals surface area (Å²) in [6.07, 6.45) is 0. The Bertz CT molecular complexity index is 373. The average Bonchev–Trinajstić information content (AvgIpc) is 2.28. The minimum Gasteiger partial charge on any atom is -0.382 e. The molecule has 1 N–H and O–H groups in total. The van der Waals surface area contributed by atoms with E-state index < -0.39 is 0 Å². The van der Waals surface area contributed by atoms with Crippen LogP contribution in [0.2, 0.25) is 5.02 Å². The Balaban J connectivity index is 2.50. The van der Waals surface area contributed by atoms with Gasteiger partial charge in [0.1, 0.15) is 0 Å². The van der Waals surface area contributed by atoms with E-state index in [1.165, 1.54) is 0 Å². The number of halogens is 2. The molecule has 0 aromatic heterocycles. The van der Waals surface area contributed by atoms with Crippen molar-refractivity contribution in [3.8, 4) is 0 Å². The van der Waals surface area contributed by atoms with Crippen molar-refractivity contribution < 1.29 is 14.4 Å². The van der Waals surface area contributed by atoms with Crippen molar-refractivity contribution in [3.63, 3.8) is 0 Å². The van der Waals surface area contributed by atoms with Crippen LogP contribution < -0.4 is 5.48 Å². The Hall–Kier alpha value is -0.620. The zero-order chi connectivity index (χ0) is 12.0. The molecule has 16 heavy (non-hydrogen) atoms. The molecule has 4 nitrogen and oxygen atoms in total. The van der Waals surface area contributed by atoms with E-state index in [0.717, 1.165) is 0 Å². The van der Waals surface area contributed by atoms with Crippen molar-refractivity contribution in [1.82, 2.24) is 5.48 Å².